The van der Waals surface area contributed by atoms with Gasteiger partial charge in [0.15, 0.2) is 0 Å². The number of ether oxygens (including phenoxy) is 1. The number of esters is 1. The lowest BCUT2D eigenvalue weighted by Gasteiger charge is -2.08. The van der Waals surface area contributed by atoms with Crippen LogP contribution in [0.5, 0.6) is 0 Å². The van der Waals surface area contributed by atoms with Crippen LogP contribution < -0.4 is 10.4 Å². The number of nitrogens with one attached hydrogen (secondary N) is 1. The van der Waals surface area contributed by atoms with Gasteiger partial charge in [-0.1, -0.05) is 42.5 Å². The minimum absolute atomic E-state index is 0.0212. The molecule has 29 heavy (non-hydrogen) atoms. The molecule has 1 aromatic heterocycles. The Balaban J connectivity index is 1.97. The molecule has 1 amide bonds. The lowest BCUT2D eigenvalue weighted by Crippen LogP contribution is -2.22. The minimum atomic E-state index is -1.32. The van der Waals surface area contributed by atoms with E-state index < -0.39 is 17.8 Å². The first-order valence-electron chi connectivity index (χ1n) is 8.91. The second kappa shape index (κ2) is 8.70. The third-order valence-electron chi connectivity index (χ3n) is 4.27. The molecule has 0 aliphatic heterocycles. The van der Waals surface area contributed by atoms with E-state index in [-0.39, 0.29) is 17.7 Å². The maximum Gasteiger partial charge on any atom is 0.341 e. The van der Waals surface area contributed by atoms with Crippen LogP contribution in [0.3, 0.4) is 0 Å². The smallest absolute Gasteiger partial charge is 0.341 e. The first-order valence-corrected chi connectivity index (χ1v) is 9.72. The predicted octanol–water partition coefficient (Wildman–Crippen LogP) is 3.52. The van der Waals surface area contributed by atoms with Gasteiger partial charge in [-0.2, -0.15) is 0 Å². The zero-order valence-corrected chi connectivity index (χ0v) is 16.7. The normalized spacial score (nSPS) is 10.4. The van der Waals surface area contributed by atoms with Gasteiger partial charge in [0.05, 0.1) is 18.1 Å². The molecule has 0 fully saturated rings. The van der Waals surface area contributed by atoms with E-state index >= 15 is 0 Å². The van der Waals surface area contributed by atoms with Gasteiger partial charge in [-0.3, -0.25) is 4.79 Å². The van der Waals surface area contributed by atoms with Crippen molar-refractivity contribution in [2.45, 2.75) is 13.8 Å². The van der Waals surface area contributed by atoms with Crippen LogP contribution >= 0.6 is 11.3 Å². The molecular formula is C22H18NO5S-. The zero-order chi connectivity index (χ0) is 21.0. The van der Waals surface area contributed by atoms with Gasteiger partial charge < -0.3 is 20.0 Å². The van der Waals surface area contributed by atoms with Gasteiger partial charge in [0.25, 0.3) is 5.91 Å². The molecule has 1 heterocycles. The fourth-order valence-electron chi connectivity index (χ4n) is 2.85. The molecule has 0 unspecified atom stereocenters. The van der Waals surface area contributed by atoms with Crippen LogP contribution in [-0.4, -0.2) is 24.5 Å². The number of rotatable bonds is 6. The highest BCUT2D eigenvalue weighted by Gasteiger charge is 2.24. The summed E-state index contributed by atoms with van der Waals surface area (Å²) < 4.78 is 5.17. The Kier molecular flexibility index (Phi) is 6.09. The van der Waals surface area contributed by atoms with Gasteiger partial charge in [0.2, 0.25) is 0 Å². The molecule has 0 aliphatic carbocycles. The van der Waals surface area contributed by atoms with Gasteiger partial charge in [0.1, 0.15) is 5.00 Å². The van der Waals surface area contributed by atoms with Crippen LogP contribution in [0.25, 0.3) is 10.4 Å². The van der Waals surface area contributed by atoms with Gasteiger partial charge in [-0.25, -0.2) is 4.79 Å². The summed E-state index contributed by atoms with van der Waals surface area (Å²) in [5.74, 6) is -2.28. The first kappa shape index (κ1) is 20.3. The minimum Gasteiger partial charge on any atom is -0.545 e. The lowest BCUT2D eigenvalue weighted by atomic mass is 10.1. The molecular weight excluding hydrogens is 390 g/mol. The summed E-state index contributed by atoms with van der Waals surface area (Å²) >= 11 is 1.29. The van der Waals surface area contributed by atoms with Crippen molar-refractivity contribution in [2.24, 2.45) is 0 Å². The Morgan fingerprint density at radius 3 is 2.21 bits per heavy atom. The lowest BCUT2D eigenvalue weighted by molar-refractivity contribution is -0.255. The summed E-state index contributed by atoms with van der Waals surface area (Å²) in [6, 6.07) is 14.9. The van der Waals surface area contributed by atoms with Crippen LogP contribution in [0.15, 0.2) is 54.6 Å². The molecule has 3 aromatic rings. The number of benzene rings is 2. The monoisotopic (exact) mass is 408 g/mol. The maximum absolute atomic E-state index is 12.7. The number of aromatic carboxylic acids is 1. The number of carbonyl (C=O) groups is 3. The molecule has 0 saturated carbocycles. The number of hydrogen-bond acceptors (Lipinski definition) is 6. The average Bonchev–Trinajstić information content (AvgIpc) is 3.04. The third-order valence-corrected chi connectivity index (χ3v) is 5.53. The van der Waals surface area contributed by atoms with Crippen LogP contribution in [-0.2, 0) is 4.74 Å². The maximum atomic E-state index is 12.7. The number of carbonyl (C=O) groups excluding carboxylic acids is 3. The highest BCUT2D eigenvalue weighted by atomic mass is 32.1. The largest absolute Gasteiger partial charge is 0.545 e. The summed E-state index contributed by atoms with van der Waals surface area (Å²) in [6.07, 6.45) is 0. The Bertz CT molecular complexity index is 1050. The van der Waals surface area contributed by atoms with Crippen molar-refractivity contribution >= 4 is 34.2 Å². The fraction of sp³-hybridized carbons (Fsp3) is 0.136. The average molecular weight is 408 g/mol. The first-order chi connectivity index (χ1) is 13.9. The van der Waals surface area contributed by atoms with E-state index in [0.717, 1.165) is 16.0 Å². The molecule has 0 bridgehead atoms. The summed E-state index contributed by atoms with van der Waals surface area (Å²) in [6.45, 7) is 3.75. The molecule has 148 valence electrons. The van der Waals surface area contributed by atoms with Gasteiger partial charge >= 0.3 is 5.97 Å². The summed E-state index contributed by atoms with van der Waals surface area (Å²) in [4.78, 5) is 36.9. The number of carboxylic acids is 1. The molecule has 1 N–H and O–H groups in total. The number of carboxylic acid groups (broad SMARTS) is 1. The van der Waals surface area contributed by atoms with Gasteiger partial charge in [0, 0.05) is 10.4 Å². The highest BCUT2D eigenvalue weighted by Crippen LogP contribution is 2.40. The third kappa shape index (κ3) is 4.35. The van der Waals surface area contributed by atoms with Crippen LogP contribution in [0.4, 0.5) is 5.00 Å². The Morgan fingerprint density at radius 1 is 1.00 bits per heavy atom. The SMILES string of the molecule is CCOC(=O)c1c(NC(=O)c2ccc(C(=O)[O-])cc2)sc(-c2ccccc2)c1C. The van der Waals surface area contributed by atoms with Crippen molar-refractivity contribution in [3.8, 4) is 10.4 Å². The fourth-order valence-corrected chi connectivity index (χ4v) is 4.04. The molecule has 6 nitrogen and oxygen atoms in total. The molecule has 0 radical (unpaired) electrons. The molecule has 3 rings (SSSR count). The van der Waals surface area contributed by atoms with E-state index in [0.29, 0.717) is 10.6 Å². The van der Waals surface area contributed by atoms with Crippen molar-refractivity contribution < 1.29 is 24.2 Å². The van der Waals surface area contributed by atoms with E-state index in [1.165, 1.54) is 35.6 Å². The molecule has 7 heteroatoms. The van der Waals surface area contributed by atoms with Crippen molar-refractivity contribution in [1.29, 1.82) is 0 Å². The Labute approximate surface area is 171 Å². The number of amides is 1. The zero-order valence-electron chi connectivity index (χ0n) is 15.9. The molecule has 0 atom stereocenters. The second-order valence-electron chi connectivity index (χ2n) is 6.17. The van der Waals surface area contributed by atoms with E-state index in [1.54, 1.807) is 6.92 Å². The summed E-state index contributed by atoms with van der Waals surface area (Å²) in [5.41, 5.74) is 2.21. The molecule has 2 aromatic carbocycles. The summed E-state index contributed by atoms with van der Waals surface area (Å²) in [7, 11) is 0. The topological polar surface area (TPSA) is 95.5 Å². The predicted molar refractivity (Wildman–Crippen MR) is 109 cm³/mol. The Hall–Kier alpha value is -3.45. The number of thiophene rings is 1. The van der Waals surface area contributed by atoms with Crippen molar-refractivity contribution in [3.63, 3.8) is 0 Å². The second-order valence-corrected chi connectivity index (χ2v) is 7.19. The molecule has 0 spiro atoms. The van der Waals surface area contributed by atoms with E-state index in [4.69, 9.17) is 4.74 Å². The quantitative estimate of drug-likeness (QED) is 0.630. The number of hydrogen-bond donors (Lipinski definition) is 1. The highest BCUT2D eigenvalue weighted by molar-refractivity contribution is 7.20. The summed E-state index contributed by atoms with van der Waals surface area (Å²) in [5, 5.41) is 14.0. The van der Waals surface area contributed by atoms with Crippen molar-refractivity contribution in [1.82, 2.24) is 0 Å². The molecule has 0 aliphatic rings. The van der Waals surface area contributed by atoms with E-state index in [2.05, 4.69) is 5.32 Å². The van der Waals surface area contributed by atoms with E-state index in [1.807, 2.05) is 37.3 Å². The van der Waals surface area contributed by atoms with E-state index in [9.17, 15) is 19.5 Å². The van der Waals surface area contributed by atoms with Crippen molar-refractivity contribution in [3.05, 3.63) is 76.9 Å². The van der Waals surface area contributed by atoms with Crippen LogP contribution in [0, 0.1) is 6.92 Å². The molecule has 0 saturated heterocycles. The Morgan fingerprint density at radius 2 is 1.62 bits per heavy atom. The van der Waals surface area contributed by atoms with Gasteiger partial charge in [-0.15, -0.1) is 11.3 Å². The van der Waals surface area contributed by atoms with Crippen LogP contribution in [0.2, 0.25) is 0 Å². The standard InChI is InChI=1S/C22H19NO5S/c1-3-28-22(27)17-13(2)18(14-7-5-4-6-8-14)29-20(17)23-19(24)15-9-11-16(12-10-15)21(25)26/h4-12H,3H2,1-2H3,(H,23,24)(H,25,26)/p-1. The van der Waals surface area contributed by atoms with Crippen molar-refractivity contribution in [2.75, 3.05) is 11.9 Å². The van der Waals surface area contributed by atoms with Crippen LogP contribution in [0.1, 0.15) is 43.6 Å². The number of anilines is 1. The van der Waals surface area contributed by atoms with Gasteiger partial charge in [-0.05, 0) is 42.7 Å².